The van der Waals surface area contributed by atoms with E-state index < -0.39 is 0 Å². The number of ketones is 1. The number of aromatic nitrogens is 3. The van der Waals surface area contributed by atoms with Gasteiger partial charge in [-0.05, 0) is 30.4 Å². The lowest BCUT2D eigenvalue weighted by Crippen LogP contribution is -2.11. The molecule has 84 valence electrons. The highest BCUT2D eigenvalue weighted by molar-refractivity contribution is 7.12. The van der Waals surface area contributed by atoms with Crippen molar-refractivity contribution in [1.82, 2.24) is 15.0 Å². The standard InChI is InChI=1S/C11H13N3OS/c1-3-5-14-9(7-12-13-14)10(15)11-8(2)4-6-16-11/h4,6-7H,3,5H2,1-2H3. The number of hydrogen-bond acceptors (Lipinski definition) is 4. The van der Waals surface area contributed by atoms with Crippen molar-refractivity contribution in [2.24, 2.45) is 0 Å². The summed E-state index contributed by atoms with van der Waals surface area (Å²) in [6.07, 6.45) is 2.48. The van der Waals surface area contributed by atoms with Crippen LogP contribution in [0.25, 0.3) is 0 Å². The third kappa shape index (κ3) is 1.90. The Bertz CT molecular complexity index is 501. The molecule has 0 amide bonds. The van der Waals surface area contributed by atoms with E-state index in [0.717, 1.165) is 23.4 Å². The minimum Gasteiger partial charge on any atom is -0.286 e. The zero-order valence-corrected chi connectivity index (χ0v) is 10.1. The van der Waals surface area contributed by atoms with E-state index in [9.17, 15) is 4.79 Å². The van der Waals surface area contributed by atoms with Crippen molar-refractivity contribution in [3.05, 3.63) is 33.8 Å². The van der Waals surface area contributed by atoms with Gasteiger partial charge in [0, 0.05) is 6.54 Å². The molecule has 0 saturated heterocycles. The van der Waals surface area contributed by atoms with Gasteiger partial charge in [-0.1, -0.05) is 12.1 Å². The van der Waals surface area contributed by atoms with Crippen LogP contribution in [0, 0.1) is 6.92 Å². The van der Waals surface area contributed by atoms with Crippen molar-refractivity contribution in [1.29, 1.82) is 0 Å². The molecule has 0 fully saturated rings. The summed E-state index contributed by atoms with van der Waals surface area (Å²) in [4.78, 5) is 13.0. The molecule has 2 aromatic rings. The van der Waals surface area contributed by atoms with E-state index in [2.05, 4.69) is 10.3 Å². The van der Waals surface area contributed by atoms with Crippen LogP contribution in [0.1, 0.15) is 34.3 Å². The Kier molecular flexibility index (Phi) is 3.14. The zero-order chi connectivity index (χ0) is 11.5. The normalized spacial score (nSPS) is 10.6. The van der Waals surface area contributed by atoms with E-state index in [1.807, 2.05) is 25.3 Å². The second-order valence-electron chi connectivity index (χ2n) is 3.60. The molecule has 2 rings (SSSR count). The topological polar surface area (TPSA) is 47.8 Å². The fraction of sp³-hybridized carbons (Fsp3) is 0.364. The molecular weight excluding hydrogens is 222 g/mol. The summed E-state index contributed by atoms with van der Waals surface area (Å²) >= 11 is 1.46. The van der Waals surface area contributed by atoms with Crippen LogP contribution in [0.15, 0.2) is 17.6 Å². The van der Waals surface area contributed by atoms with E-state index in [1.165, 1.54) is 17.5 Å². The molecule has 5 heteroatoms. The number of carbonyl (C=O) groups is 1. The van der Waals surface area contributed by atoms with Crippen molar-refractivity contribution in [2.75, 3.05) is 0 Å². The Hall–Kier alpha value is -1.49. The number of rotatable bonds is 4. The summed E-state index contributed by atoms with van der Waals surface area (Å²) in [5.74, 6) is 0.0194. The molecule has 0 spiro atoms. The fourth-order valence-corrected chi connectivity index (χ4v) is 2.41. The van der Waals surface area contributed by atoms with E-state index >= 15 is 0 Å². The van der Waals surface area contributed by atoms with Crippen LogP contribution in [0.3, 0.4) is 0 Å². The predicted octanol–water partition coefficient (Wildman–Crippen LogP) is 2.29. The first-order valence-electron chi connectivity index (χ1n) is 5.21. The molecule has 0 bridgehead atoms. The highest BCUT2D eigenvalue weighted by Crippen LogP contribution is 2.19. The maximum Gasteiger partial charge on any atom is 0.222 e. The summed E-state index contributed by atoms with van der Waals surface area (Å²) in [6.45, 7) is 4.72. The quantitative estimate of drug-likeness (QED) is 0.764. The molecule has 0 aliphatic heterocycles. The van der Waals surface area contributed by atoms with Gasteiger partial charge in [0.15, 0.2) is 0 Å². The molecule has 4 nitrogen and oxygen atoms in total. The molecule has 2 aromatic heterocycles. The average Bonchev–Trinajstić information content (AvgIpc) is 2.87. The Morgan fingerprint density at radius 3 is 3.00 bits per heavy atom. The van der Waals surface area contributed by atoms with Gasteiger partial charge >= 0.3 is 0 Å². The maximum absolute atomic E-state index is 12.2. The van der Waals surface area contributed by atoms with Gasteiger partial charge in [0.2, 0.25) is 5.78 Å². The third-order valence-corrected chi connectivity index (χ3v) is 3.37. The number of carbonyl (C=O) groups excluding carboxylic acids is 1. The number of nitrogens with zero attached hydrogens (tertiary/aromatic N) is 3. The Morgan fingerprint density at radius 1 is 1.56 bits per heavy atom. The van der Waals surface area contributed by atoms with E-state index in [1.54, 1.807) is 4.68 Å². The Balaban J connectivity index is 2.34. The van der Waals surface area contributed by atoms with Crippen molar-refractivity contribution in [3.8, 4) is 0 Å². The highest BCUT2D eigenvalue weighted by atomic mass is 32.1. The van der Waals surface area contributed by atoms with Crippen molar-refractivity contribution in [2.45, 2.75) is 26.8 Å². The molecule has 0 radical (unpaired) electrons. The van der Waals surface area contributed by atoms with Crippen LogP contribution in [-0.4, -0.2) is 20.8 Å². The predicted molar refractivity (Wildman–Crippen MR) is 62.8 cm³/mol. The number of thiophene rings is 1. The first kappa shape index (κ1) is 11.0. The van der Waals surface area contributed by atoms with Gasteiger partial charge in [0.05, 0.1) is 11.1 Å². The lowest BCUT2D eigenvalue weighted by Gasteiger charge is -2.02. The maximum atomic E-state index is 12.2. The number of hydrogen-bond donors (Lipinski definition) is 0. The van der Waals surface area contributed by atoms with Crippen LogP contribution in [0.4, 0.5) is 0 Å². The highest BCUT2D eigenvalue weighted by Gasteiger charge is 2.17. The molecule has 2 heterocycles. The average molecular weight is 235 g/mol. The van der Waals surface area contributed by atoms with Gasteiger partial charge in [-0.15, -0.1) is 16.4 Å². The zero-order valence-electron chi connectivity index (χ0n) is 9.30. The van der Waals surface area contributed by atoms with Gasteiger partial charge in [-0.2, -0.15) is 0 Å². The molecule has 0 unspecified atom stereocenters. The molecule has 16 heavy (non-hydrogen) atoms. The molecule has 0 saturated carbocycles. The van der Waals surface area contributed by atoms with Crippen molar-refractivity contribution < 1.29 is 4.79 Å². The minimum absolute atomic E-state index is 0.0194. The van der Waals surface area contributed by atoms with Crippen LogP contribution < -0.4 is 0 Å². The summed E-state index contributed by atoms with van der Waals surface area (Å²) in [5, 5.41) is 9.64. The monoisotopic (exact) mass is 235 g/mol. The Labute approximate surface area is 97.9 Å². The van der Waals surface area contributed by atoms with Crippen molar-refractivity contribution in [3.63, 3.8) is 0 Å². The summed E-state index contributed by atoms with van der Waals surface area (Å²) in [6, 6.07) is 1.95. The summed E-state index contributed by atoms with van der Waals surface area (Å²) < 4.78 is 1.67. The van der Waals surface area contributed by atoms with Gasteiger partial charge in [0.1, 0.15) is 5.69 Å². The van der Waals surface area contributed by atoms with Gasteiger partial charge in [-0.25, -0.2) is 4.68 Å². The minimum atomic E-state index is 0.0194. The van der Waals surface area contributed by atoms with E-state index in [4.69, 9.17) is 0 Å². The first-order valence-corrected chi connectivity index (χ1v) is 6.09. The number of aryl methyl sites for hydroxylation is 2. The second-order valence-corrected chi connectivity index (χ2v) is 4.52. The van der Waals surface area contributed by atoms with E-state index in [-0.39, 0.29) is 5.78 Å². The molecule has 0 N–H and O–H groups in total. The lowest BCUT2D eigenvalue weighted by molar-refractivity contribution is 0.103. The van der Waals surface area contributed by atoms with Crippen LogP contribution >= 0.6 is 11.3 Å². The van der Waals surface area contributed by atoms with Gasteiger partial charge in [-0.3, -0.25) is 4.79 Å². The van der Waals surface area contributed by atoms with Crippen molar-refractivity contribution >= 4 is 17.1 Å². The van der Waals surface area contributed by atoms with Crippen LogP contribution in [-0.2, 0) is 6.54 Å². The van der Waals surface area contributed by atoms with Gasteiger partial charge in [0.25, 0.3) is 0 Å². The van der Waals surface area contributed by atoms with Crippen LogP contribution in [0.2, 0.25) is 0 Å². The molecule has 0 atom stereocenters. The molecule has 0 aromatic carbocycles. The molecular formula is C11H13N3OS. The first-order chi connectivity index (χ1) is 7.74. The summed E-state index contributed by atoms with van der Waals surface area (Å²) in [5.41, 5.74) is 1.59. The second kappa shape index (κ2) is 4.57. The van der Waals surface area contributed by atoms with E-state index in [0.29, 0.717) is 5.69 Å². The fourth-order valence-electron chi connectivity index (χ4n) is 1.53. The Morgan fingerprint density at radius 2 is 2.38 bits per heavy atom. The SMILES string of the molecule is CCCn1nncc1C(=O)c1sccc1C. The third-order valence-electron chi connectivity index (χ3n) is 2.35. The van der Waals surface area contributed by atoms with Crippen LogP contribution in [0.5, 0.6) is 0 Å². The van der Waals surface area contributed by atoms with Gasteiger partial charge < -0.3 is 0 Å². The molecule has 0 aliphatic rings. The molecule has 0 aliphatic carbocycles. The summed E-state index contributed by atoms with van der Waals surface area (Å²) in [7, 11) is 0. The lowest BCUT2D eigenvalue weighted by atomic mass is 10.2. The largest absolute Gasteiger partial charge is 0.286 e. The smallest absolute Gasteiger partial charge is 0.222 e.